The molecule has 30 heavy (non-hydrogen) atoms. The predicted octanol–water partition coefficient (Wildman–Crippen LogP) is 9.26. The van der Waals surface area contributed by atoms with Gasteiger partial charge >= 0.3 is 0 Å². The van der Waals surface area contributed by atoms with Crippen LogP contribution >= 0.6 is 0 Å². The Hall–Kier alpha value is -0.660. The average molecular weight is 421 g/mol. The fraction of sp³-hybridized carbons (Fsp3) is 0.929. The van der Waals surface area contributed by atoms with Crippen LogP contribution in [0.1, 0.15) is 149 Å². The van der Waals surface area contributed by atoms with Gasteiger partial charge in [0.2, 0.25) is 0 Å². The van der Waals surface area contributed by atoms with Gasteiger partial charge in [-0.25, -0.2) is 0 Å². The van der Waals surface area contributed by atoms with Gasteiger partial charge < -0.3 is 9.80 Å². The number of rotatable bonds is 22. The Morgan fingerprint density at radius 2 is 0.833 bits per heavy atom. The van der Waals surface area contributed by atoms with E-state index in [9.17, 15) is 0 Å². The molecule has 0 aromatic heterocycles. The van der Waals surface area contributed by atoms with E-state index >= 15 is 0 Å². The molecule has 0 fully saturated rings. The fourth-order valence-electron chi connectivity index (χ4n) is 4.84. The lowest BCUT2D eigenvalue weighted by Gasteiger charge is -2.33. The lowest BCUT2D eigenvalue weighted by Crippen LogP contribution is -2.39. The van der Waals surface area contributed by atoms with E-state index in [1.807, 2.05) is 0 Å². The molecule has 0 saturated heterocycles. The molecule has 0 aromatic carbocycles. The molecular formula is C28H56N2. The van der Waals surface area contributed by atoms with Crippen LogP contribution < -0.4 is 0 Å². The summed E-state index contributed by atoms with van der Waals surface area (Å²) in [6.07, 6.45) is 33.7. The number of hydrogen-bond donors (Lipinski definition) is 0. The molecule has 0 radical (unpaired) electrons. The predicted molar refractivity (Wildman–Crippen MR) is 136 cm³/mol. The van der Waals surface area contributed by atoms with E-state index in [0.717, 1.165) is 0 Å². The van der Waals surface area contributed by atoms with Gasteiger partial charge in [-0.15, -0.1) is 0 Å². The summed E-state index contributed by atoms with van der Waals surface area (Å²) in [6.45, 7) is 9.39. The molecule has 178 valence electrons. The van der Waals surface area contributed by atoms with E-state index < -0.39 is 0 Å². The molecule has 0 aliphatic carbocycles. The zero-order chi connectivity index (χ0) is 21.7. The van der Waals surface area contributed by atoms with Gasteiger partial charge in [-0.1, -0.05) is 124 Å². The minimum Gasteiger partial charge on any atom is -0.356 e. The summed E-state index contributed by atoms with van der Waals surface area (Å²) in [5, 5.41) is 0. The first-order valence-corrected chi connectivity index (χ1v) is 14.0. The maximum absolute atomic E-state index is 2.65. The largest absolute Gasteiger partial charge is 0.356 e. The Morgan fingerprint density at radius 3 is 1.30 bits per heavy atom. The molecule has 1 aliphatic heterocycles. The van der Waals surface area contributed by atoms with Crippen LogP contribution in [0.25, 0.3) is 0 Å². The normalized spacial score (nSPS) is 16.2. The standard InChI is InChI=1S/C28H56N2/c1-4-7-9-11-13-15-16-18-20-22-25-30-27-26-29(24-6-3)28(30)23-21-19-17-14-12-10-8-5-2/h26-28H,4-25H2,1-3H3. The smallest absolute Gasteiger partial charge is 0.101 e. The van der Waals surface area contributed by atoms with Crippen LogP contribution in [0.2, 0.25) is 0 Å². The van der Waals surface area contributed by atoms with Crippen molar-refractivity contribution in [1.29, 1.82) is 0 Å². The van der Waals surface area contributed by atoms with E-state index in [0.29, 0.717) is 6.17 Å². The van der Waals surface area contributed by atoms with Gasteiger partial charge in [0.25, 0.3) is 0 Å². The van der Waals surface area contributed by atoms with Crippen LogP contribution in [0.15, 0.2) is 12.4 Å². The molecule has 0 spiro atoms. The average Bonchev–Trinajstić information content (AvgIpc) is 3.13. The quantitative estimate of drug-likeness (QED) is 0.161. The first-order valence-electron chi connectivity index (χ1n) is 14.0. The molecule has 1 atom stereocenters. The van der Waals surface area contributed by atoms with Crippen molar-refractivity contribution in [3.63, 3.8) is 0 Å². The molecule has 0 bridgehead atoms. The van der Waals surface area contributed by atoms with Gasteiger partial charge in [0.05, 0.1) is 0 Å². The topological polar surface area (TPSA) is 6.48 Å². The number of unbranched alkanes of at least 4 members (excludes halogenated alkanes) is 16. The van der Waals surface area contributed by atoms with Crippen molar-refractivity contribution in [2.75, 3.05) is 13.1 Å². The van der Waals surface area contributed by atoms with Gasteiger partial charge in [0, 0.05) is 25.5 Å². The van der Waals surface area contributed by atoms with Crippen LogP contribution in [0.3, 0.4) is 0 Å². The molecule has 0 aromatic rings. The molecule has 0 N–H and O–H groups in total. The second-order valence-electron chi connectivity index (χ2n) is 9.70. The molecular weight excluding hydrogens is 364 g/mol. The summed E-state index contributed by atoms with van der Waals surface area (Å²) < 4.78 is 0. The van der Waals surface area contributed by atoms with Crippen molar-refractivity contribution in [1.82, 2.24) is 9.80 Å². The summed E-state index contributed by atoms with van der Waals surface area (Å²) in [7, 11) is 0. The van der Waals surface area contributed by atoms with Crippen LogP contribution in [0, 0.1) is 0 Å². The first kappa shape index (κ1) is 27.4. The Morgan fingerprint density at radius 1 is 0.433 bits per heavy atom. The van der Waals surface area contributed by atoms with E-state index in [2.05, 4.69) is 43.0 Å². The monoisotopic (exact) mass is 420 g/mol. The van der Waals surface area contributed by atoms with Crippen LogP contribution in [0.5, 0.6) is 0 Å². The molecule has 2 heteroatoms. The zero-order valence-electron chi connectivity index (χ0n) is 21.2. The lowest BCUT2D eigenvalue weighted by molar-refractivity contribution is 0.137. The van der Waals surface area contributed by atoms with Crippen molar-refractivity contribution in [2.45, 2.75) is 155 Å². The summed E-state index contributed by atoms with van der Waals surface area (Å²) in [5.74, 6) is 0. The zero-order valence-corrected chi connectivity index (χ0v) is 21.2. The van der Waals surface area contributed by atoms with Crippen molar-refractivity contribution >= 4 is 0 Å². The Labute approximate surface area is 190 Å². The third-order valence-electron chi connectivity index (χ3n) is 6.78. The lowest BCUT2D eigenvalue weighted by atomic mass is 10.1. The van der Waals surface area contributed by atoms with Crippen molar-refractivity contribution in [3.8, 4) is 0 Å². The highest BCUT2D eigenvalue weighted by Gasteiger charge is 2.24. The summed E-state index contributed by atoms with van der Waals surface area (Å²) >= 11 is 0. The minimum atomic E-state index is 0.642. The number of nitrogens with zero attached hydrogens (tertiary/aromatic N) is 2. The first-order chi connectivity index (χ1) is 14.8. The molecule has 1 heterocycles. The maximum atomic E-state index is 2.65. The third-order valence-corrected chi connectivity index (χ3v) is 6.78. The van der Waals surface area contributed by atoms with E-state index in [-0.39, 0.29) is 0 Å². The van der Waals surface area contributed by atoms with Crippen LogP contribution in [-0.2, 0) is 0 Å². The van der Waals surface area contributed by atoms with Gasteiger partial charge in [-0.2, -0.15) is 0 Å². The van der Waals surface area contributed by atoms with E-state index in [1.54, 1.807) is 0 Å². The van der Waals surface area contributed by atoms with Crippen molar-refractivity contribution in [3.05, 3.63) is 12.4 Å². The van der Waals surface area contributed by atoms with Crippen LogP contribution in [-0.4, -0.2) is 29.1 Å². The SMILES string of the molecule is CCCCCCCCCCCCN1C=CN(CCC)C1CCCCCCCCCC. The maximum Gasteiger partial charge on any atom is 0.101 e. The van der Waals surface area contributed by atoms with Gasteiger partial charge in [0.1, 0.15) is 6.17 Å². The van der Waals surface area contributed by atoms with Gasteiger partial charge in [0.15, 0.2) is 0 Å². The second-order valence-corrected chi connectivity index (χ2v) is 9.70. The summed E-state index contributed by atoms with van der Waals surface area (Å²) in [6, 6.07) is 0. The third kappa shape index (κ3) is 13.6. The molecule has 1 rings (SSSR count). The molecule has 1 unspecified atom stereocenters. The number of hydrogen-bond acceptors (Lipinski definition) is 2. The Kier molecular flexibility index (Phi) is 18.5. The van der Waals surface area contributed by atoms with Crippen molar-refractivity contribution < 1.29 is 0 Å². The molecule has 1 aliphatic rings. The summed E-state index contributed by atoms with van der Waals surface area (Å²) in [5.41, 5.74) is 0. The Bertz CT molecular complexity index is 379. The highest BCUT2D eigenvalue weighted by atomic mass is 15.4. The van der Waals surface area contributed by atoms with Gasteiger partial charge in [-0.3, -0.25) is 0 Å². The highest BCUT2D eigenvalue weighted by molar-refractivity contribution is 4.96. The molecule has 2 nitrogen and oxygen atoms in total. The summed E-state index contributed by atoms with van der Waals surface area (Å²) in [4.78, 5) is 5.26. The fourth-order valence-corrected chi connectivity index (χ4v) is 4.84. The van der Waals surface area contributed by atoms with Gasteiger partial charge in [-0.05, 0) is 25.7 Å². The van der Waals surface area contributed by atoms with E-state index in [4.69, 9.17) is 0 Å². The molecule has 0 saturated carbocycles. The minimum absolute atomic E-state index is 0.642. The van der Waals surface area contributed by atoms with Crippen LogP contribution in [0.4, 0.5) is 0 Å². The second kappa shape index (κ2) is 20.3. The van der Waals surface area contributed by atoms with Crippen molar-refractivity contribution in [2.24, 2.45) is 0 Å². The van der Waals surface area contributed by atoms with E-state index in [1.165, 1.54) is 142 Å². The highest BCUT2D eigenvalue weighted by Crippen LogP contribution is 2.23. The Balaban J connectivity index is 2.11. The molecule has 0 amide bonds.